The number of nitrogens with one attached hydrogen (secondary N) is 1. The summed E-state index contributed by atoms with van der Waals surface area (Å²) in [5.41, 5.74) is 0.0973. The van der Waals surface area contributed by atoms with E-state index in [4.69, 9.17) is 0 Å². The number of aromatic nitrogens is 1. The summed E-state index contributed by atoms with van der Waals surface area (Å²) in [6, 6.07) is 8.60. The molecular formula is C13H10BrF3N2O3S. The highest BCUT2D eigenvalue weighted by Gasteiger charge is 2.28. The van der Waals surface area contributed by atoms with E-state index in [1.807, 2.05) is 0 Å². The lowest BCUT2D eigenvalue weighted by Crippen LogP contribution is -2.19. The normalized spacial score (nSPS) is 12.0. The van der Waals surface area contributed by atoms with Crippen LogP contribution in [0.15, 0.2) is 52.0 Å². The number of anilines is 1. The van der Waals surface area contributed by atoms with Gasteiger partial charge in [0.15, 0.2) is 6.61 Å². The van der Waals surface area contributed by atoms with Crippen LogP contribution in [-0.2, 0) is 10.0 Å². The van der Waals surface area contributed by atoms with Crippen LogP contribution in [-0.4, -0.2) is 26.2 Å². The van der Waals surface area contributed by atoms with Crippen LogP contribution in [0.1, 0.15) is 0 Å². The molecule has 1 aromatic heterocycles. The Bertz CT molecular complexity index is 780. The average Bonchev–Trinajstić information content (AvgIpc) is 2.45. The van der Waals surface area contributed by atoms with Crippen molar-refractivity contribution in [2.45, 2.75) is 11.1 Å². The van der Waals surface area contributed by atoms with Gasteiger partial charge in [-0.05, 0) is 34.1 Å². The Balaban J connectivity index is 2.10. The first-order chi connectivity index (χ1) is 10.7. The van der Waals surface area contributed by atoms with Crippen molar-refractivity contribution in [3.63, 3.8) is 0 Å². The molecule has 0 spiro atoms. The topological polar surface area (TPSA) is 68.3 Å². The van der Waals surface area contributed by atoms with Crippen molar-refractivity contribution < 1.29 is 26.3 Å². The maximum absolute atomic E-state index is 12.2. The van der Waals surface area contributed by atoms with Crippen LogP contribution in [0.4, 0.5) is 18.9 Å². The number of pyridine rings is 1. The molecule has 0 fully saturated rings. The largest absolute Gasteiger partial charge is 0.468 e. The number of halogens is 4. The number of benzene rings is 1. The van der Waals surface area contributed by atoms with Crippen molar-refractivity contribution in [1.29, 1.82) is 0 Å². The minimum Gasteiger partial charge on any atom is -0.468 e. The van der Waals surface area contributed by atoms with Gasteiger partial charge in [0.2, 0.25) is 5.88 Å². The smallest absolute Gasteiger partial charge is 0.422 e. The summed E-state index contributed by atoms with van der Waals surface area (Å²) >= 11 is 3.13. The number of sulfonamides is 1. The molecule has 1 aromatic carbocycles. The Morgan fingerprint density at radius 2 is 1.87 bits per heavy atom. The maximum Gasteiger partial charge on any atom is 0.422 e. The molecule has 0 radical (unpaired) electrons. The second kappa shape index (κ2) is 6.75. The molecule has 0 aliphatic heterocycles. The van der Waals surface area contributed by atoms with Crippen LogP contribution < -0.4 is 9.46 Å². The molecule has 0 saturated carbocycles. The highest BCUT2D eigenvalue weighted by molar-refractivity contribution is 9.10. The maximum atomic E-state index is 12.2. The summed E-state index contributed by atoms with van der Waals surface area (Å²) in [6.45, 7) is -1.47. The molecule has 10 heteroatoms. The van der Waals surface area contributed by atoms with Crippen molar-refractivity contribution in [1.82, 2.24) is 4.98 Å². The summed E-state index contributed by atoms with van der Waals surface area (Å²) in [5.74, 6) is -0.258. The van der Waals surface area contributed by atoms with Crippen LogP contribution in [0.2, 0.25) is 0 Å². The third kappa shape index (κ3) is 5.10. The van der Waals surface area contributed by atoms with E-state index in [1.165, 1.54) is 12.1 Å². The van der Waals surface area contributed by atoms with Crippen LogP contribution in [0.5, 0.6) is 5.88 Å². The van der Waals surface area contributed by atoms with E-state index in [9.17, 15) is 21.6 Å². The van der Waals surface area contributed by atoms with Gasteiger partial charge < -0.3 is 4.74 Å². The van der Waals surface area contributed by atoms with Gasteiger partial charge in [-0.1, -0.05) is 12.1 Å². The zero-order valence-corrected chi connectivity index (χ0v) is 13.7. The molecule has 1 N–H and O–H groups in total. The van der Waals surface area contributed by atoms with E-state index in [-0.39, 0.29) is 16.5 Å². The third-order valence-electron chi connectivity index (χ3n) is 2.50. The fourth-order valence-electron chi connectivity index (χ4n) is 1.55. The van der Waals surface area contributed by atoms with Crippen LogP contribution in [0, 0.1) is 0 Å². The number of alkyl halides is 3. The van der Waals surface area contributed by atoms with Gasteiger partial charge in [0.05, 0.1) is 11.9 Å². The minimum absolute atomic E-state index is 0.0254. The van der Waals surface area contributed by atoms with Gasteiger partial charge >= 0.3 is 6.18 Å². The fraction of sp³-hybridized carbons (Fsp3) is 0.154. The summed E-state index contributed by atoms with van der Waals surface area (Å²) < 4.78 is 67.6. The molecule has 2 aromatic rings. The number of ether oxygens (including phenoxy) is 1. The molecule has 2 rings (SSSR count). The molecule has 0 aliphatic carbocycles. The summed E-state index contributed by atoms with van der Waals surface area (Å²) in [5, 5.41) is 0. The lowest BCUT2D eigenvalue weighted by atomic mass is 10.4. The predicted octanol–water partition coefficient (Wildman–Crippen LogP) is 3.59. The van der Waals surface area contributed by atoms with E-state index in [1.54, 1.807) is 18.2 Å². The first-order valence-electron chi connectivity index (χ1n) is 6.10. The van der Waals surface area contributed by atoms with Gasteiger partial charge in [0.1, 0.15) is 4.90 Å². The lowest BCUT2D eigenvalue weighted by Gasteiger charge is -2.11. The fourth-order valence-corrected chi connectivity index (χ4v) is 3.60. The van der Waals surface area contributed by atoms with Gasteiger partial charge in [0, 0.05) is 10.5 Å². The molecule has 0 bridgehead atoms. The standard InChI is InChI=1S/C13H10BrF3N2O3S/c14-10-3-1-2-4-11(10)23(20,21)19-9-5-6-12(18-7-9)22-8-13(15,16)17/h1-7,19H,8H2. The van der Waals surface area contributed by atoms with Crippen molar-refractivity contribution >= 4 is 31.6 Å². The van der Waals surface area contributed by atoms with E-state index >= 15 is 0 Å². The van der Waals surface area contributed by atoms with Gasteiger partial charge in [0.25, 0.3) is 10.0 Å². The average molecular weight is 411 g/mol. The Morgan fingerprint density at radius 1 is 1.17 bits per heavy atom. The Kier molecular flexibility index (Phi) is 5.15. The number of rotatable bonds is 5. The Hall–Kier alpha value is -1.81. The van der Waals surface area contributed by atoms with Gasteiger partial charge in [-0.25, -0.2) is 13.4 Å². The zero-order valence-electron chi connectivity index (χ0n) is 11.3. The van der Waals surface area contributed by atoms with Crippen molar-refractivity contribution in [3.8, 4) is 5.88 Å². The molecule has 23 heavy (non-hydrogen) atoms. The second-order valence-corrected chi connectivity index (χ2v) is 6.83. The van der Waals surface area contributed by atoms with Crippen molar-refractivity contribution in [2.24, 2.45) is 0 Å². The SMILES string of the molecule is O=S(=O)(Nc1ccc(OCC(F)(F)F)nc1)c1ccccc1Br. The highest BCUT2D eigenvalue weighted by Crippen LogP contribution is 2.24. The number of hydrogen-bond donors (Lipinski definition) is 1. The second-order valence-electron chi connectivity index (χ2n) is 4.32. The van der Waals surface area contributed by atoms with E-state index in [0.717, 1.165) is 12.3 Å². The van der Waals surface area contributed by atoms with Crippen LogP contribution in [0.3, 0.4) is 0 Å². The Labute approximate surface area is 138 Å². The summed E-state index contributed by atoms with van der Waals surface area (Å²) in [6.07, 6.45) is -3.40. The van der Waals surface area contributed by atoms with E-state index in [2.05, 4.69) is 30.4 Å². The Morgan fingerprint density at radius 3 is 2.43 bits per heavy atom. The number of hydrogen-bond acceptors (Lipinski definition) is 4. The summed E-state index contributed by atoms with van der Waals surface area (Å²) in [4.78, 5) is 3.65. The molecule has 1 heterocycles. The predicted molar refractivity (Wildman–Crippen MR) is 80.7 cm³/mol. The van der Waals surface area contributed by atoms with Crippen LogP contribution >= 0.6 is 15.9 Å². The van der Waals surface area contributed by atoms with E-state index in [0.29, 0.717) is 4.47 Å². The third-order valence-corrected chi connectivity index (χ3v) is 4.89. The molecule has 0 amide bonds. The highest BCUT2D eigenvalue weighted by atomic mass is 79.9. The van der Waals surface area contributed by atoms with Gasteiger partial charge in [-0.3, -0.25) is 4.72 Å². The monoisotopic (exact) mass is 410 g/mol. The zero-order chi connectivity index (χ0) is 17.1. The molecule has 0 atom stereocenters. The molecule has 124 valence electrons. The first kappa shape index (κ1) is 17.5. The molecule has 0 aliphatic rings. The molecule has 0 unspecified atom stereocenters. The quantitative estimate of drug-likeness (QED) is 0.817. The molecule has 5 nitrogen and oxygen atoms in total. The molecular weight excluding hydrogens is 401 g/mol. The first-order valence-corrected chi connectivity index (χ1v) is 8.38. The van der Waals surface area contributed by atoms with Gasteiger partial charge in [-0.2, -0.15) is 13.2 Å². The van der Waals surface area contributed by atoms with E-state index < -0.39 is 22.8 Å². The minimum atomic E-state index is -4.47. The van der Waals surface area contributed by atoms with Gasteiger partial charge in [-0.15, -0.1) is 0 Å². The summed E-state index contributed by atoms with van der Waals surface area (Å²) in [7, 11) is -3.85. The van der Waals surface area contributed by atoms with Crippen molar-refractivity contribution in [3.05, 3.63) is 47.1 Å². The lowest BCUT2D eigenvalue weighted by molar-refractivity contribution is -0.154. The van der Waals surface area contributed by atoms with Crippen molar-refractivity contribution in [2.75, 3.05) is 11.3 Å². The number of nitrogens with zero attached hydrogens (tertiary/aromatic N) is 1. The molecule has 0 saturated heterocycles. The van der Waals surface area contributed by atoms with Crippen LogP contribution in [0.25, 0.3) is 0 Å².